The molecule has 0 amide bonds. The molecule has 0 aliphatic rings. The van der Waals surface area contributed by atoms with Crippen molar-refractivity contribution in [3.05, 3.63) is 47.9 Å². The van der Waals surface area contributed by atoms with Crippen molar-refractivity contribution in [3.8, 4) is 0 Å². The maximum Gasteiger partial charge on any atom is 0.339 e. The van der Waals surface area contributed by atoms with Gasteiger partial charge in [0, 0.05) is 12.6 Å². The molecule has 2 aromatic heterocycles. The zero-order valence-electron chi connectivity index (χ0n) is 16.8. The van der Waals surface area contributed by atoms with E-state index in [9.17, 15) is 4.79 Å². The number of allylic oxidation sites excluding steroid dienone is 1. The smallest absolute Gasteiger partial charge is 0.339 e. The fourth-order valence-electron chi connectivity index (χ4n) is 2.41. The van der Waals surface area contributed by atoms with E-state index in [1.807, 2.05) is 16.5 Å². The Hall–Kier alpha value is -1.92. The number of carbonyl (C=O) groups excluding carboxylic acids is 1. The van der Waals surface area contributed by atoms with E-state index in [0.717, 1.165) is 17.0 Å². The predicted octanol–water partition coefficient (Wildman–Crippen LogP) is 4.76. The molecule has 0 N–H and O–H groups in total. The van der Waals surface area contributed by atoms with Crippen LogP contribution in [0.25, 0.3) is 5.65 Å². The number of pyridine rings is 1. The zero-order valence-corrected chi connectivity index (χ0v) is 17.8. The van der Waals surface area contributed by atoms with Gasteiger partial charge in [0.1, 0.15) is 5.65 Å². The molecule has 0 radical (unpaired) electrons. The summed E-state index contributed by atoms with van der Waals surface area (Å²) in [5, 5.41) is 0.141. The van der Waals surface area contributed by atoms with Crippen LogP contribution in [0.3, 0.4) is 0 Å². The lowest BCUT2D eigenvalue weighted by Crippen LogP contribution is -2.40. The molecule has 26 heavy (non-hydrogen) atoms. The Balaban J connectivity index is 2.39. The van der Waals surface area contributed by atoms with Crippen LogP contribution in [0.15, 0.2) is 31.0 Å². The average molecular weight is 375 g/mol. The van der Waals surface area contributed by atoms with Gasteiger partial charge in [0.05, 0.1) is 30.2 Å². The molecule has 0 unspecified atom stereocenters. The van der Waals surface area contributed by atoms with Crippen molar-refractivity contribution in [2.45, 2.75) is 58.9 Å². The molecule has 6 heteroatoms. The van der Waals surface area contributed by atoms with Gasteiger partial charge in [-0.05, 0) is 37.2 Å². The molecule has 2 aromatic rings. The van der Waals surface area contributed by atoms with Gasteiger partial charge in [0.15, 0.2) is 8.32 Å². The highest BCUT2D eigenvalue weighted by Crippen LogP contribution is 2.37. The van der Waals surface area contributed by atoms with Crippen molar-refractivity contribution >= 4 is 19.9 Å². The summed E-state index contributed by atoms with van der Waals surface area (Å²) in [4.78, 5) is 16.8. The molecule has 0 saturated carbocycles. The summed E-state index contributed by atoms with van der Waals surface area (Å²) < 4.78 is 13.4. The fraction of sp³-hybridized carbons (Fsp3) is 0.500. The lowest BCUT2D eigenvalue weighted by Gasteiger charge is -2.36. The third-order valence-electron chi connectivity index (χ3n) is 5.03. The SMILES string of the molecule is C=CCc1c(CO[Si](C)(C)C(C)(C)C)nc2ccc(C(=O)OCC)cn12. The first-order valence-electron chi connectivity index (χ1n) is 9.02. The zero-order chi connectivity index (χ0) is 19.5. The molecule has 5 nitrogen and oxygen atoms in total. The van der Waals surface area contributed by atoms with Crippen LogP contribution in [0.1, 0.15) is 49.4 Å². The second-order valence-corrected chi connectivity index (χ2v) is 12.7. The number of carbonyl (C=O) groups is 1. The largest absolute Gasteiger partial charge is 0.462 e. The Labute approximate surface area is 157 Å². The van der Waals surface area contributed by atoms with E-state index in [1.165, 1.54) is 0 Å². The molecule has 0 atom stereocenters. The maximum atomic E-state index is 12.0. The van der Waals surface area contributed by atoms with Crippen molar-refractivity contribution in [2.75, 3.05) is 6.61 Å². The van der Waals surface area contributed by atoms with Crippen molar-refractivity contribution in [2.24, 2.45) is 0 Å². The molecule has 142 valence electrons. The Morgan fingerprint density at radius 1 is 1.35 bits per heavy atom. The van der Waals surface area contributed by atoms with Crippen LogP contribution in [-0.4, -0.2) is 30.3 Å². The lowest BCUT2D eigenvalue weighted by atomic mass is 10.2. The normalized spacial score (nSPS) is 12.4. The first-order valence-corrected chi connectivity index (χ1v) is 11.9. The second kappa shape index (κ2) is 7.76. The van der Waals surface area contributed by atoms with Gasteiger partial charge in [0.25, 0.3) is 0 Å². The van der Waals surface area contributed by atoms with Gasteiger partial charge in [-0.25, -0.2) is 9.78 Å². The fourth-order valence-corrected chi connectivity index (χ4v) is 3.34. The van der Waals surface area contributed by atoms with Gasteiger partial charge in [-0.3, -0.25) is 0 Å². The molecule has 0 saturated heterocycles. The highest BCUT2D eigenvalue weighted by Gasteiger charge is 2.37. The van der Waals surface area contributed by atoms with Gasteiger partial charge >= 0.3 is 5.97 Å². The van der Waals surface area contributed by atoms with Gasteiger partial charge < -0.3 is 13.6 Å². The van der Waals surface area contributed by atoms with Gasteiger partial charge in [0.2, 0.25) is 0 Å². The summed E-state index contributed by atoms with van der Waals surface area (Å²) >= 11 is 0. The highest BCUT2D eigenvalue weighted by molar-refractivity contribution is 6.74. The quantitative estimate of drug-likeness (QED) is 0.398. The van der Waals surface area contributed by atoms with Crippen LogP contribution >= 0.6 is 0 Å². The number of nitrogens with zero attached hydrogens (tertiary/aromatic N) is 2. The lowest BCUT2D eigenvalue weighted by molar-refractivity contribution is 0.0526. The maximum absolute atomic E-state index is 12.0. The molecular weight excluding hydrogens is 344 g/mol. The average Bonchev–Trinajstić information content (AvgIpc) is 2.90. The Morgan fingerprint density at radius 2 is 2.04 bits per heavy atom. The van der Waals surface area contributed by atoms with Crippen molar-refractivity contribution in [1.82, 2.24) is 9.38 Å². The first kappa shape index (κ1) is 20.4. The number of hydrogen-bond acceptors (Lipinski definition) is 4. The number of ether oxygens (including phenoxy) is 1. The molecule has 2 heterocycles. The third kappa shape index (κ3) is 4.24. The minimum atomic E-state index is -1.87. The molecular formula is C20H30N2O3Si. The summed E-state index contributed by atoms with van der Waals surface area (Å²) in [6, 6.07) is 3.59. The molecule has 0 aromatic carbocycles. The summed E-state index contributed by atoms with van der Waals surface area (Å²) in [6.45, 7) is 17.6. The summed E-state index contributed by atoms with van der Waals surface area (Å²) in [5.74, 6) is -0.327. The van der Waals surface area contributed by atoms with Crippen LogP contribution in [0.2, 0.25) is 18.1 Å². The number of fused-ring (bicyclic) bond motifs is 1. The number of aromatic nitrogens is 2. The predicted molar refractivity (Wildman–Crippen MR) is 107 cm³/mol. The van der Waals surface area contributed by atoms with E-state index in [1.54, 1.807) is 19.2 Å². The monoisotopic (exact) mass is 374 g/mol. The Morgan fingerprint density at radius 3 is 2.62 bits per heavy atom. The van der Waals surface area contributed by atoms with Crippen molar-refractivity contribution < 1.29 is 14.0 Å². The van der Waals surface area contributed by atoms with E-state index in [2.05, 4.69) is 40.4 Å². The van der Waals surface area contributed by atoms with Crippen LogP contribution in [-0.2, 0) is 22.2 Å². The summed E-state index contributed by atoms with van der Waals surface area (Å²) in [7, 11) is -1.87. The second-order valence-electron chi connectivity index (χ2n) is 7.91. The van der Waals surface area contributed by atoms with E-state index in [0.29, 0.717) is 25.2 Å². The minimum Gasteiger partial charge on any atom is -0.462 e. The first-order chi connectivity index (χ1) is 12.1. The number of rotatable bonds is 7. The molecule has 0 fully saturated rings. The summed E-state index contributed by atoms with van der Waals surface area (Å²) in [5.41, 5.74) is 3.21. The molecule has 0 bridgehead atoms. The van der Waals surface area contributed by atoms with Crippen LogP contribution < -0.4 is 0 Å². The topological polar surface area (TPSA) is 52.8 Å². The Kier molecular flexibility index (Phi) is 6.08. The molecule has 2 rings (SSSR count). The van der Waals surface area contributed by atoms with E-state index < -0.39 is 8.32 Å². The molecule has 0 aliphatic carbocycles. The minimum absolute atomic E-state index is 0.141. The number of hydrogen-bond donors (Lipinski definition) is 0. The van der Waals surface area contributed by atoms with E-state index in [-0.39, 0.29) is 11.0 Å². The highest BCUT2D eigenvalue weighted by atomic mass is 28.4. The van der Waals surface area contributed by atoms with Crippen molar-refractivity contribution in [1.29, 1.82) is 0 Å². The molecule has 0 aliphatic heterocycles. The van der Waals surface area contributed by atoms with Crippen LogP contribution in [0.5, 0.6) is 0 Å². The standard InChI is InChI=1S/C20H30N2O3Si/c1-8-10-17-16(14-25-26(6,7)20(3,4)5)21-18-12-11-15(13-22(17)18)19(23)24-9-2/h8,11-13H,1,9-10,14H2,2-7H3. The van der Waals surface area contributed by atoms with E-state index in [4.69, 9.17) is 14.1 Å². The van der Waals surface area contributed by atoms with Gasteiger partial charge in [-0.15, -0.1) is 6.58 Å². The number of esters is 1. The van der Waals surface area contributed by atoms with E-state index >= 15 is 0 Å². The van der Waals surface area contributed by atoms with Crippen molar-refractivity contribution in [3.63, 3.8) is 0 Å². The number of imidazole rings is 1. The summed E-state index contributed by atoms with van der Waals surface area (Å²) in [6.07, 6.45) is 4.29. The van der Waals surface area contributed by atoms with Crippen LogP contribution in [0.4, 0.5) is 0 Å². The molecule has 0 spiro atoms. The van der Waals surface area contributed by atoms with Gasteiger partial charge in [-0.1, -0.05) is 26.8 Å². The third-order valence-corrected chi connectivity index (χ3v) is 9.50. The van der Waals surface area contributed by atoms with Crippen LogP contribution in [0, 0.1) is 0 Å². The Bertz CT molecular complexity index is 803. The van der Waals surface area contributed by atoms with Gasteiger partial charge in [-0.2, -0.15) is 0 Å².